The van der Waals surface area contributed by atoms with E-state index in [1.807, 2.05) is 0 Å². The van der Waals surface area contributed by atoms with Gasteiger partial charge in [-0.2, -0.15) is 0 Å². The summed E-state index contributed by atoms with van der Waals surface area (Å²) < 4.78 is 18.1. The minimum Gasteiger partial charge on any atom is -0.465 e. The van der Waals surface area contributed by atoms with Crippen molar-refractivity contribution < 1.29 is 13.9 Å². The van der Waals surface area contributed by atoms with Gasteiger partial charge in [0.15, 0.2) is 0 Å². The molecule has 0 aliphatic carbocycles. The third-order valence-corrected chi connectivity index (χ3v) is 2.36. The Morgan fingerprint density at radius 1 is 1.57 bits per heavy atom. The molecule has 0 spiro atoms. The fraction of sp³-hybridized carbons (Fsp3) is 0.300. The normalized spacial score (nSPS) is 12.3. The van der Waals surface area contributed by atoms with Crippen LogP contribution in [0.25, 0.3) is 0 Å². The Labute approximate surface area is 90.2 Å². The first-order chi connectivity index (χ1) is 6.57. The summed E-state index contributed by atoms with van der Waals surface area (Å²) in [5, 5.41) is 0. The molecule has 0 aromatic heterocycles. The van der Waals surface area contributed by atoms with Crippen LogP contribution in [-0.2, 0) is 4.74 Å². The molecule has 0 heterocycles. The van der Waals surface area contributed by atoms with Crippen LogP contribution in [0.15, 0.2) is 18.2 Å². The van der Waals surface area contributed by atoms with E-state index in [1.54, 1.807) is 19.1 Å². The second-order valence-electron chi connectivity index (χ2n) is 2.82. The molecule has 14 heavy (non-hydrogen) atoms. The first-order valence-electron chi connectivity index (χ1n) is 4.08. The smallest absolute Gasteiger partial charge is 0.340 e. The number of benzene rings is 1. The average molecular weight is 261 g/mol. The van der Waals surface area contributed by atoms with E-state index in [1.165, 1.54) is 13.2 Å². The van der Waals surface area contributed by atoms with Gasteiger partial charge >= 0.3 is 5.97 Å². The van der Waals surface area contributed by atoms with Crippen LogP contribution in [-0.4, -0.2) is 13.1 Å². The van der Waals surface area contributed by atoms with E-state index < -0.39 is 11.8 Å². The van der Waals surface area contributed by atoms with Crippen LogP contribution in [0.3, 0.4) is 0 Å². The van der Waals surface area contributed by atoms with Gasteiger partial charge < -0.3 is 4.74 Å². The zero-order valence-electron chi connectivity index (χ0n) is 7.88. The van der Waals surface area contributed by atoms with E-state index in [2.05, 4.69) is 20.7 Å². The van der Waals surface area contributed by atoms with Crippen molar-refractivity contribution in [2.24, 2.45) is 0 Å². The molecule has 0 aliphatic heterocycles. The Bertz CT molecular complexity index is 350. The molecular formula is C10H10BrFO2. The summed E-state index contributed by atoms with van der Waals surface area (Å²) in [5.41, 5.74) is 0.421. The molecule has 1 aromatic carbocycles. The fourth-order valence-corrected chi connectivity index (χ4v) is 1.48. The molecule has 0 radical (unpaired) electrons. The minimum absolute atomic E-state index is 0.0312. The number of carbonyl (C=O) groups excluding carboxylic acids is 1. The van der Waals surface area contributed by atoms with Gasteiger partial charge in [-0.05, 0) is 13.0 Å². The maximum atomic E-state index is 13.6. The molecule has 1 aromatic rings. The molecule has 0 N–H and O–H groups in total. The molecule has 0 saturated heterocycles. The molecule has 0 bridgehead atoms. The Kier molecular flexibility index (Phi) is 3.63. The lowest BCUT2D eigenvalue weighted by molar-refractivity contribution is 0.0595. The fourth-order valence-electron chi connectivity index (χ4n) is 1.12. The van der Waals surface area contributed by atoms with Crippen molar-refractivity contribution in [1.29, 1.82) is 0 Å². The number of rotatable bonds is 2. The Balaban J connectivity index is 3.20. The molecule has 4 heteroatoms. The van der Waals surface area contributed by atoms with Crippen molar-refractivity contribution in [2.75, 3.05) is 7.11 Å². The number of esters is 1. The maximum Gasteiger partial charge on any atom is 0.340 e. The molecule has 0 aliphatic rings. The number of ether oxygens (including phenoxy) is 1. The summed E-state index contributed by atoms with van der Waals surface area (Å²) in [6.45, 7) is 1.79. The molecule has 1 rings (SSSR count). The molecule has 2 nitrogen and oxygen atoms in total. The molecule has 76 valence electrons. The van der Waals surface area contributed by atoms with Gasteiger partial charge in [0.2, 0.25) is 0 Å². The van der Waals surface area contributed by atoms with E-state index in [4.69, 9.17) is 0 Å². The standard InChI is InChI=1S/C10H10BrFO2/c1-6(11)7-4-3-5-8(9(7)12)10(13)14-2/h3-6H,1-2H3. The summed E-state index contributed by atoms with van der Waals surface area (Å²) in [5.74, 6) is -1.18. The molecule has 1 unspecified atom stereocenters. The van der Waals surface area contributed by atoms with Crippen molar-refractivity contribution >= 4 is 21.9 Å². The Morgan fingerprint density at radius 3 is 2.71 bits per heavy atom. The van der Waals surface area contributed by atoms with Gasteiger partial charge in [-0.3, -0.25) is 0 Å². The van der Waals surface area contributed by atoms with Gasteiger partial charge in [0.25, 0.3) is 0 Å². The number of methoxy groups -OCH3 is 1. The van der Waals surface area contributed by atoms with E-state index in [9.17, 15) is 9.18 Å². The maximum absolute atomic E-state index is 13.6. The molecule has 0 saturated carbocycles. The predicted molar refractivity (Wildman–Crippen MR) is 55.1 cm³/mol. The lowest BCUT2D eigenvalue weighted by Crippen LogP contribution is -2.06. The van der Waals surface area contributed by atoms with Crippen LogP contribution in [0.5, 0.6) is 0 Å². The summed E-state index contributed by atoms with van der Waals surface area (Å²) >= 11 is 3.25. The largest absolute Gasteiger partial charge is 0.465 e. The number of hydrogen-bond acceptors (Lipinski definition) is 2. The molecule has 0 amide bonds. The van der Waals surface area contributed by atoms with Crippen LogP contribution < -0.4 is 0 Å². The predicted octanol–water partition coefficient (Wildman–Crippen LogP) is 3.07. The van der Waals surface area contributed by atoms with Crippen LogP contribution >= 0.6 is 15.9 Å². The minimum atomic E-state index is -0.655. The SMILES string of the molecule is COC(=O)c1cccc(C(C)Br)c1F. The van der Waals surface area contributed by atoms with Gasteiger partial charge in [-0.1, -0.05) is 28.1 Å². The quantitative estimate of drug-likeness (QED) is 0.604. The summed E-state index contributed by atoms with van der Waals surface area (Å²) in [4.78, 5) is 11.0. The van der Waals surface area contributed by atoms with Crippen LogP contribution in [0.4, 0.5) is 4.39 Å². The third kappa shape index (κ3) is 2.12. The lowest BCUT2D eigenvalue weighted by atomic mass is 10.1. The van der Waals surface area contributed by atoms with Crippen LogP contribution in [0.2, 0.25) is 0 Å². The zero-order valence-corrected chi connectivity index (χ0v) is 9.47. The van der Waals surface area contributed by atoms with Gasteiger partial charge in [-0.25, -0.2) is 9.18 Å². The zero-order chi connectivity index (χ0) is 10.7. The topological polar surface area (TPSA) is 26.3 Å². The van der Waals surface area contributed by atoms with Crippen molar-refractivity contribution in [1.82, 2.24) is 0 Å². The Hall–Kier alpha value is -0.900. The van der Waals surface area contributed by atoms with Crippen molar-refractivity contribution in [3.63, 3.8) is 0 Å². The van der Waals surface area contributed by atoms with E-state index in [0.717, 1.165) is 0 Å². The Morgan fingerprint density at radius 2 is 2.21 bits per heavy atom. The number of alkyl halides is 1. The molecule has 0 fully saturated rings. The third-order valence-electron chi connectivity index (χ3n) is 1.86. The number of carbonyl (C=O) groups is 1. The van der Waals surface area contributed by atoms with Gasteiger partial charge in [0.1, 0.15) is 5.82 Å². The molecule has 1 atom stereocenters. The highest BCUT2D eigenvalue weighted by molar-refractivity contribution is 9.09. The first-order valence-corrected chi connectivity index (χ1v) is 5.00. The first kappa shape index (κ1) is 11.2. The van der Waals surface area contributed by atoms with Crippen molar-refractivity contribution in [3.8, 4) is 0 Å². The van der Waals surface area contributed by atoms with Crippen molar-refractivity contribution in [2.45, 2.75) is 11.8 Å². The lowest BCUT2D eigenvalue weighted by Gasteiger charge is -2.08. The highest BCUT2D eigenvalue weighted by Crippen LogP contribution is 2.26. The van der Waals surface area contributed by atoms with E-state index in [-0.39, 0.29) is 10.4 Å². The van der Waals surface area contributed by atoms with E-state index in [0.29, 0.717) is 5.56 Å². The number of halogens is 2. The second kappa shape index (κ2) is 4.55. The monoisotopic (exact) mass is 260 g/mol. The van der Waals surface area contributed by atoms with Gasteiger partial charge in [-0.15, -0.1) is 0 Å². The summed E-state index contributed by atoms with van der Waals surface area (Å²) in [6.07, 6.45) is 0. The van der Waals surface area contributed by atoms with Gasteiger partial charge in [0.05, 0.1) is 12.7 Å². The number of hydrogen-bond donors (Lipinski definition) is 0. The van der Waals surface area contributed by atoms with Crippen molar-refractivity contribution in [3.05, 3.63) is 35.1 Å². The van der Waals surface area contributed by atoms with E-state index >= 15 is 0 Å². The molecular weight excluding hydrogens is 251 g/mol. The second-order valence-corrected chi connectivity index (χ2v) is 4.19. The highest BCUT2D eigenvalue weighted by Gasteiger charge is 2.16. The summed E-state index contributed by atoms with van der Waals surface area (Å²) in [6, 6.07) is 4.66. The van der Waals surface area contributed by atoms with Crippen LogP contribution in [0, 0.1) is 5.82 Å². The average Bonchev–Trinajstić information content (AvgIpc) is 2.16. The van der Waals surface area contributed by atoms with Gasteiger partial charge in [0, 0.05) is 10.4 Å². The van der Waals surface area contributed by atoms with Crippen LogP contribution in [0.1, 0.15) is 27.7 Å². The summed E-state index contributed by atoms with van der Waals surface area (Å²) in [7, 11) is 1.23. The highest BCUT2D eigenvalue weighted by atomic mass is 79.9.